The maximum Gasteiger partial charge on any atom is -0.0279 e. The quantitative estimate of drug-likeness (QED) is 0.652. The van der Waals surface area contributed by atoms with Crippen LogP contribution in [-0.2, 0) is 12.8 Å². The molecule has 0 fully saturated rings. The van der Waals surface area contributed by atoms with Gasteiger partial charge in [0.1, 0.15) is 0 Å². The molecule has 0 aromatic heterocycles. The predicted molar refractivity (Wildman–Crippen MR) is 61.3 cm³/mol. The maximum absolute atomic E-state index is 2.31. The Kier molecular flexibility index (Phi) is 5.45. The van der Waals surface area contributed by atoms with Crippen molar-refractivity contribution >= 4 is 0 Å². The zero-order valence-corrected chi connectivity index (χ0v) is 8.35. The van der Waals surface area contributed by atoms with Gasteiger partial charge >= 0.3 is 0 Å². The van der Waals surface area contributed by atoms with Crippen LogP contribution in [0, 0.1) is 6.92 Å². The number of hydrogen-bond acceptors (Lipinski definition) is 0. The first kappa shape index (κ1) is 12.2. The highest BCUT2D eigenvalue weighted by atomic mass is 14.0. The molecular weight excluding hydrogens is 156 g/mol. The summed E-state index contributed by atoms with van der Waals surface area (Å²) in [6.07, 6.45) is 3.64. The second-order valence-corrected chi connectivity index (χ2v) is 3.38. The molecule has 1 aromatic rings. The SMILES string of the molecule is C.CCCc1ccc(C)cc1CC. The van der Waals surface area contributed by atoms with Crippen molar-refractivity contribution in [1.82, 2.24) is 0 Å². The lowest BCUT2D eigenvalue weighted by Crippen LogP contribution is -1.92. The highest BCUT2D eigenvalue weighted by molar-refractivity contribution is 5.31. The minimum absolute atomic E-state index is 0. The number of rotatable bonds is 3. The molecule has 0 heteroatoms. The Morgan fingerprint density at radius 2 is 1.77 bits per heavy atom. The number of aryl methyl sites for hydroxylation is 3. The van der Waals surface area contributed by atoms with Gasteiger partial charge in [0.2, 0.25) is 0 Å². The molecule has 1 aromatic carbocycles. The monoisotopic (exact) mass is 178 g/mol. The van der Waals surface area contributed by atoms with E-state index in [1.165, 1.54) is 29.5 Å². The molecule has 0 aliphatic heterocycles. The van der Waals surface area contributed by atoms with E-state index in [9.17, 15) is 0 Å². The van der Waals surface area contributed by atoms with Gasteiger partial charge in [0, 0.05) is 0 Å². The molecular formula is C13H22. The van der Waals surface area contributed by atoms with Crippen LogP contribution in [-0.4, -0.2) is 0 Å². The molecule has 0 atom stereocenters. The standard InChI is InChI=1S/C12H18.CH4/c1-4-6-12-8-7-10(3)9-11(12)5-2;/h7-9H,4-6H2,1-3H3;1H4. The highest BCUT2D eigenvalue weighted by Gasteiger charge is 1.98. The highest BCUT2D eigenvalue weighted by Crippen LogP contribution is 2.13. The minimum Gasteiger partial charge on any atom is -0.0776 e. The Balaban J connectivity index is 0.00000144. The van der Waals surface area contributed by atoms with Gasteiger partial charge in [-0.1, -0.05) is 51.5 Å². The van der Waals surface area contributed by atoms with Gasteiger partial charge in [0.05, 0.1) is 0 Å². The Morgan fingerprint density at radius 1 is 1.08 bits per heavy atom. The molecule has 0 nitrogen and oxygen atoms in total. The van der Waals surface area contributed by atoms with Gasteiger partial charge in [0.15, 0.2) is 0 Å². The number of benzene rings is 1. The molecule has 0 aliphatic rings. The second kappa shape index (κ2) is 5.80. The first-order valence-electron chi connectivity index (χ1n) is 4.86. The Morgan fingerprint density at radius 3 is 2.31 bits per heavy atom. The summed E-state index contributed by atoms with van der Waals surface area (Å²) < 4.78 is 0. The summed E-state index contributed by atoms with van der Waals surface area (Å²) in [5.41, 5.74) is 4.44. The van der Waals surface area contributed by atoms with E-state index < -0.39 is 0 Å². The smallest absolute Gasteiger partial charge is 0.0279 e. The first-order chi connectivity index (χ1) is 5.77. The summed E-state index contributed by atoms with van der Waals surface area (Å²) in [6.45, 7) is 6.63. The lowest BCUT2D eigenvalue weighted by atomic mass is 9.99. The van der Waals surface area contributed by atoms with Gasteiger partial charge in [0.25, 0.3) is 0 Å². The van der Waals surface area contributed by atoms with Gasteiger partial charge < -0.3 is 0 Å². The van der Waals surface area contributed by atoms with Crippen molar-refractivity contribution < 1.29 is 0 Å². The largest absolute Gasteiger partial charge is 0.0776 e. The lowest BCUT2D eigenvalue weighted by molar-refractivity contribution is 0.898. The third-order valence-corrected chi connectivity index (χ3v) is 2.26. The third-order valence-electron chi connectivity index (χ3n) is 2.26. The molecule has 0 aliphatic carbocycles. The Hall–Kier alpha value is -0.780. The summed E-state index contributed by atoms with van der Waals surface area (Å²) in [5.74, 6) is 0. The molecule has 1 rings (SSSR count). The van der Waals surface area contributed by atoms with Crippen LogP contribution in [0.1, 0.15) is 44.4 Å². The van der Waals surface area contributed by atoms with Crippen LogP contribution in [0.4, 0.5) is 0 Å². The predicted octanol–water partition coefficient (Wildman–Crippen LogP) is 4.15. The lowest BCUT2D eigenvalue weighted by Gasteiger charge is -2.07. The molecule has 0 bridgehead atoms. The third kappa shape index (κ3) is 3.22. The molecule has 0 spiro atoms. The average molecular weight is 178 g/mol. The summed E-state index contributed by atoms with van der Waals surface area (Å²) in [7, 11) is 0. The molecule has 0 amide bonds. The normalized spacial score (nSPS) is 9.46. The van der Waals surface area contributed by atoms with Gasteiger partial charge in [-0.15, -0.1) is 0 Å². The summed E-state index contributed by atoms with van der Waals surface area (Å²) in [5, 5.41) is 0. The second-order valence-electron chi connectivity index (χ2n) is 3.38. The summed E-state index contributed by atoms with van der Waals surface area (Å²) in [6, 6.07) is 6.80. The van der Waals surface area contributed by atoms with E-state index >= 15 is 0 Å². The zero-order chi connectivity index (χ0) is 8.97. The topological polar surface area (TPSA) is 0 Å². The van der Waals surface area contributed by atoms with Crippen LogP contribution in [0.25, 0.3) is 0 Å². The van der Waals surface area contributed by atoms with E-state index in [4.69, 9.17) is 0 Å². The molecule has 0 radical (unpaired) electrons. The summed E-state index contributed by atoms with van der Waals surface area (Å²) in [4.78, 5) is 0. The van der Waals surface area contributed by atoms with Crippen LogP contribution in [0.2, 0.25) is 0 Å². The molecule has 74 valence electrons. The van der Waals surface area contributed by atoms with E-state index in [0.29, 0.717) is 0 Å². The average Bonchev–Trinajstić information content (AvgIpc) is 2.08. The molecule has 13 heavy (non-hydrogen) atoms. The first-order valence-corrected chi connectivity index (χ1v) is 4.86. The fourth-order valence-corrected chi connectivity index (χ4v) is 1.60. The molecule has 0 heterocycles. The van der Waals surface area contributed by atoms with Crippen LogP contribution in [0.3, 0.4) is 0 Å². The van der Waals surface area contributed by atoms with E-state index in [2.05, 4.69) is 39.0 Å². The van der Waals surface area contributed by atoms with Crippen molar-refractivity contribution in [3.63, 3.8) is 0 Å². The zero-order valence-electron chi connectivity index (χ0n) is 8.35. The minimum atomic E-state index is 0. The Labute approximate surface area is 83.0 Å². The van der Waals surface area contributed by atoms with Gasteiger partial charge in [-0.25, -0.2) is 0 Å². The van der Waals surface area contributed by atoms with Crippen LogP contribution >= 0.6 is 0 Å². The van der Waals surface area contributed by atoms with Crippen LogP contribution < -0.4 is 0 Å². The van der Waals surface area contributed by atoms with Crippen molar-refractivity contribution in [2.45, 2.75) is 47.5 Å². The van der Waals surface area contributed by atoms with Crippen molar-refractivity contribution in [3.8, 4) is 0 Å². The van der Waals surface area contributed by atoms with Gasteiger partial charge in [-0.05, 0) is 30.9 Å². The number of hydrogen-bond donors (Lipinski definition) is 0. The van der Waals surface area contributed by atoms with Crippen molar-refractivity contribution in [2.24, 2.45) is 0 Å². The molecule has 0 N–H and O–H groups in total. The van der Waals surface area contributed by atoms with E-state index in [-0.39, 0.29) is 7.43 Å². The van der Waals surface area contributed by atoms with Crippen molar-refractivity contribution in [3.05, 3.63) is 34.9 Å². The molecule has 0 saturated carbocycles. The molecule has 0 unspecified atom stereocenters. The summed E-state index contributed by atoms with van der Waals surface area (Å²) >= 11 is 0. The van der Waals surface area contributed by atoms with Gasteiger partial charge in [-0.2, -0.15) is 0 Å². The van der Waals surface area contributed by atoms with Gasteiger partial charge in [-0.3, -0.25) is 0 Å². The van der Waals surface area contributed by atoms with Crippen LogP contribution in [0.15, 0.2) is 18.2 Å². The Bertz CT molecular complexity index is 248. The fraction of sp³-hybridized carbons (Fsp3) is 0.538. The molecule has 0 saturated heterocycles. The van der Waals surface area contributed by atoms with Crippen LogP contribution in [0.5, 0.6) is 0 Å². The maximum atomic E-state index is 2.31. The van der Waals surface area contributed by atoms with Crippen molar-refractivity contribution in [2.75, 3.05) is 0 Å². The van der Waals surface area contributed by atoms with E-state index in [0.717, 1.165) is 6.42 Å². The van der Waals surface area contributed by atoms with E-state index in [1.54, 1.807) is 0 Å². The van der Waals surface area contributed by atoms with Crippen molar-refractivity contribution in [1.29, 1.82) is 0 Å². The fourth-order valence-electron chi connectivity index (χ4n) is 1.60. The van der Waals surface area contributed by atoms with E-state index in [1.807, 2.05) is 0 Å².